The van der Waals surface area contributed by atoms with Gasteiger partial charge in [-0.05, 0) is 67.6 Å². The molecule has 4 rings (SSSR count). The Bertz CT molecular complexity index is 871. The van der Waals surface area contributed by atoms with Crippen LogP contribution >= 0.6 is 0 Å². The third-order valence-corrected chi connectivity index (χ3v) is 5.91. The molecule has 5 heteroatoms. The summed E-state index contributed by atoms with van der Waals surface area (Å²) in [6.07, 6.45) is 3.79. The van der Waals surface area contributed by atoms with E-state index in [9.17, 15) is 14.0 Å². The van der Waals surface area contributed by atoms with Crippen LogP contribution in [-0.4, -0.2) is 36.2 Å². The van der Waals surface area contributed by atoms with E-state index < -0.39 is 0 Å². The van der Waals surface area contributed by atoms with E-state index in [1.165, 1.54) is 17.7 Å². The molecule has 0 unspecified atom stereocenters. The summed E-state index contributed by atoms with van der Waals surface area (Å²) in [6.45, 7) is 2.66. The van der Waals surface area contributed by atoms with Gasteiger partial charge in [0.15, 0.2) is 5.78 Å². The summed E-state index contributed by atoms with van der Waals surface area (Å²) in [6, 6.07) is 12.5. The number of amides is 1. The Morgan fingerprint density at radius 3 is 2.57 bits per heavy atom. The standard InChI is InChI=1S/C23H25FN2O2/c24-20-6-3-16(4-7-20)17-9-12-26(13-10-17)14-11-22(27)19-2-1-18-5-8-23(28)25-21(18)15-19/h1-4,6-7,15,17H,5,8-14H2,(H,25,28). The van der Waals surface area contributed by atoms with Crippen molar-refractivity contribution in [3.8, 4) is 0 Å². The number of nitrogens with zero attached hydrogens (tertiary/aromatic N) is 1. The van der Waals surface area contributed by atoms with E-state index in [1.54, 1.807) is 0 Å². The predicted octanol–water partition coefficient (Wildman–Crippen LogP) is 4.16. The van der Waals surface area contributed by atoms with Crippen molar-refractivity contribution in [2.75, 3.05) is 25.0 Å². The maximum atomic E-state index is 13.1. The highest BCUT2D eigenvalue weighted by Gasteiger charge is 2.22. The predicted molar refractivity (Wildman–Crippen MR) is 107 cm³/mol. The number of rotatable bonds is 5. The molecule has 2 aliphatic heterocycles. The monoisotopic (exact) mass is 380 g/mol. The maximum absolute atomic E-state index is 13.1. The number of anilines is 1. The normalized spacial score (nSPS) is 17.8. The molecular formula is C23H25FN2O2. The van der Waals surface area contributed by atoms with Crippen LogP contribution in [0.5, 0.6) is 0 Å². The molecule has 0 spiro atoms. The van der Waals surface area contributed by atoms with E-state index >= 15 is 0 Å². The topological polar surface area (TPSA) is 49.4 Å². The van der Waals surface area contributed by atoms with Crippen LogP contribution < -0.4 is 5.32 Å². The number of aryl methyl sites for hydroxylation is 1. The van der Waals surface area contributed by atoms with E-state index in [1.807, 2.05) is 30.3 Å². The number of benzene rings is 2. The zero-order valence-electron chi connectivity index (χ0n) is 15.9. The van der Waals surface area contributed by atoms with Crippen molar-refractivity contribution in [3.63, 3.8) is 0 Å². The summed E-state index contributed by atoms with van der Waals surface area (Å²) in [5.41, 5.74) is 3.75. The highest BCUT2D eigenvalue weighted by molar-refractivity contribution is 6.00. The average Bonchev–Trinajstić information content (AvgIpc) is 2.72. The summed E-state index contributed by atoms with van der Waals surface area (Å²) < 4.78 is 13.1. The van der Waals surface area contributed by atoms with Crippen LogP contribution in [-0.2, 0) is 11.2 Å². The summed E-state index contributed by atoms with van der Waals surface area (Å²) in [4.78, 5) is 26.5. The first kappa shape index (κ1) is 18.8. The number of carbonyl (C=O) groups excluding carboxylic acids is 2. The molecule has 146 valence electrons. The zero-order valence-corrected chi connectivity index (χ0v) is 15.9. The molecule has 1 saturated heterocycles. The van der Waals surface area contributed by atoms with E-state index in [0.29, 0.717) is 24.3 Å². The highest BCUT2D eigenvalue weighted by atomic mass is 19.1. The molecule has 2 aromatic rings. The number of Topliss-reactive ketones (excluding diaryl/α,β-unsaturated/α-hetero) is 1. The number of piperidine rings is 1. The van der Waals surface area contributed by atoms with Gasteiger partial charge in [0.25, 0.3) is 0 Å². The lowest BCUT2D eigenvalue weighted by atomic mass is 9.89. The Labute approximate surface area is 164 Å². The van der Waals surface area contributed by atoms with Gasteiger partial charge in [0.05, 0.1) is 0 Å². The van der Waals surface area contributed by atoms with Crippen molar-refractivity contribution in [3.05, 3.63) is 65.0 Å². The summed E-state index contributed by atoms with van der Waals surface area (Å²) in [5, 5.41) is 2.86. The van der Waals surface area contributed by atoms with Crippen molar-refractivity contribution in [2.45, 2.75) is 38.0 Å². The van der Waals surface area contributed by atoms with Gasteiger partial charge in [-0.15, -0.1) is 0 Å². The molecule has 0 bridgehead atoms. The number of hydrogen-bond donors (Lipinski definition) is 1. The summed E-state index contributed by atoms with van der Waals surface area (Å²) >= 11 is 0. The molecule has 0 aliphatic carbocycles. The van der Waals surface area contributed by atoms with Gasteiger partial charge < -0.3 is 10.2 Å². The smallest absolute Gasteiger partial charge is 0.224 e. The van der Waals surface area contributed by atoms with Crippen molar-refractivity contribution in [1.82, 2.24) is 4.90 Å². The van der Waals surface area contributed by atoms with Gasteiger partial charge in [-0.25, -0.2) is 4.39 Å². The number of halogens is 1. The molecule has 1 fully saturated rings. The van der Waals surface area contributed by atoms with Crippen LogP contribution in [0, 0.1) is 5.82 Å². The third kappa shape index (κ3) is 4.30. The first-order chi connectivity index (χ1) is 13.6. The Hall–Kier alpha value is -2.53. The molecule has 1 N–H and O–H groups in total. The van der Waals surface area contributed by atoms with Gasteiger partial charge in [-0.3, -0.25) is 9.59 Å². The Kier molecular flexibility index (Phi) is 5.53. The Morgan fingerprint density at radius 1 is 1.07 bits per heavy atom. The highest BCUT2D eigenvalue weighted by Crippen LogP contribution is 2.28. The van der Waals surface area contributed by atoms with Crippen LogP contribution in [0.4, 0.5) is 10.1 Å². The van der Waals surface area contributed by atoms with Crippen LogP contribution in [0.25, 0.3) is 0 Å². The SMILES string of the molecule is O=C1CCc2ccc(C(=O)CCN3CCC(c4ccc(F)cc4)CC3)cc2N1. The third-order valence-electron chi connectivity index (χ3n) is 5.91. The number of likely N-dealkylation sites (tertiary alicyclic amines) is 1. The van der Waals surface area contributed by atoms with E-state index in [2.05, 4.69) is 10.2 Å². The fourth-order valence-electron chi connectivity index (χ4n) is 4.17. The van der Waals surface area contributed by atoms with Crippen LogP contribution in [0.2, 0.25) is 0 Å². The molecular weight excluding hydrogens is 355 g/mol. The minimum absolute atomic E-state index is 0.0149. The van der Waals surface area contributed by atoms with Crippen molar-refractivity contribution < 1.29 is 14.0 Å². The quantitative estimate of drug-likeness (QED) is 0.793. The van der Waals surface area contributed by atoms with E-state index in [4.69, 9.17) is 0 Å². The second-order valence-electron chi connectivity index (χ2n) is 7.76. The largest absolute Gasteiger partial charge is 0.326 e. The Balaban J connectivity index is 1.28. The first-order valence-corrected chi connectivity index (χ1v) is 10.0. The first-order valence-electron chi connectivity index (χ1n) is 10.0. The van der Waals surface area contributed by atoms with Gasteiger partial charge >= 0.3 is 0 Å². The summed E-state index contributed by atoms with van der Waals surface area (Å²) in [7, 11) is 0. The molecule has 0 aromatic heterocycles. The second-order valence-corrected chi connectivity index (χ2v) is 7.76. The number of ketones is 1. The minimum Gasteiger partial charge on any atom is -0.326 e. The molecule has 0 atom stereocenters. The van der Waals surface area contributed by atoms with Crippen molar-refractivity contribution in [2.24, 2.45) is 0 Å². The molecule has 2 aromatic carbocycles. The van der Waals surface area contributed by atoms with Crippen LogP contribution in [0.3, 0.4) is 0 Å². The Morgan fingerprint density at radius 2 is 1.82 bits per heavy atom. The van der Waals surface area contributed by atoms with Gasteiger partial charge in [0, 0.05) is 30.6 Å². The van der Waals surface area contributed by atoms with Gasteiger partial charge in [-0.2, -0.15) is 0 Å². The molecule has 0 saturated carbocycles. The fourth-order valence-corrected chi connectivity index (χ4v) is 4.17. The number of nitrogens with one attached hydrogen (secondary N) is 1. The van der Waals surface area contributed by atoms with Crippen LogP contribution in [0.15, 0.2) is 42.5 Å². The molecule has 1 amide bonds. The maximum Gasteiger partial charge on any atom is 0.224 e. The number of fused-ring (bicyclic) bond motifs is 1. The lowest BCUT2D eigenvalue weighted by Gasteiger charge is -2.32. The van der Waals surface area contributed by atoms with E-state index in [0.717, 1.165) is 50.1 Å². The minimum atomic E-state index is -0.193. The lowest BCUT2D eigenvalue weighted by Crippen LogP contribution is -2.34. The average molecular weight is 380 g/mol. The molecule has 2 heterocycles. The molecule has 28 heavy (non-hydrogen) atoms. The lowest BCUT2D eigenvalue weighted by molar-refractivity contribution is -0.116. The van der Waals surface area contributed by atoms with Crippen molar-refractivity contribution in [1.29, 1.82) is 0 Å². The van der Waals surface area contributed by atoms with Crippen molar-refractivity contribution >= 4 is 17.4 Å². The van der Waals surface area contributed by atoms with Crippen LogP contribution in [0.1, 0.15) is 53.1 Å². The zero-order chi connectivity index (χ0) is 19.5. The van der Waals surface area contributed by atoms with Gasteiger partial charge in [-0.1, -0.05) is 24.3 Å². The second kappa shape index (κ2) is 8.23. The van der Waals surface area contributed by atoms with E-state index in [-0.39, 0.29) is 17.5 Å². The number of hydrogen-bond acceptors (Lipinski definition) is 3. The molecule has 0 radical (unpaired) electrons. The summed E-state index contributed by atoms with van der Waals surface area (Å²) in [5.74, 6) is 0.405. The number of carbonyl (C=O) groups is 2. The van der Waals surface area contributed by atoms with Gasteiger partial charge in [0.1, 0.15) is 5.82 Å². The molecule has 4 nitrogen and oxygen atoms in total. The van der Waals surface area contributed by atoms with Gasteiger partial charge in [0.2, 0.25) is 5.91 Å². The molecule has 2 aliphatic rings. The fraction of sp³-hybridized carbons (Fsp3) is 0.391.